The highest BCUT2D eigenvalue weighted by molar-refractivity contribution is 6.34. The Kier molecular flexibility index (Phi) is 11.9. The Morgan fingerprint density at radius 2 is 1.77 bits per heavy atom. The first-order valence-electron chi connectivity index (χ1n) is 18.1. The molecular formula is C37H42ClF4N10O5+. The number of carbonyl (C=O) groups is 4. The number of benzene rings is 2. The predicted molar refractivity (Wildman–Crippen MR) is 201 cm³/mol. The van der Waals surface area contributed by atoms with Crippen molar-refractivity contribution >= 4 is 46.7 Å². The van der Waals surface area contributed by atoms with E-state index in [2.05, 4.69) is 20.7 Å². The minimum atomic E-state index is -4.93. The number of carboxylic acids is 1. The number of anilines is 2. The van der Waals surface area contributed by atoms with Crippen molar-refractivity contribution in [3.05, 3.63) is 76.7 Å². The van der Waals surface area contributed by atoms with Crippen LogP contribution < -0.4 is 16.4 Å². The molecule has 5 N–H and O–H groups in total. The Balaban J connectivity index is 1.05. The van der Waals surface area contributed by atoms with E-state index in [4.69, 9.17) is 17.3 Å². The summed E-state index contributed by atoms with van der Waals surface area (Å²) in [4.78, 5) is 58.5. The summed E-state index contributed by atoms with van der Waals surface area (Å²) >= 11 is 6.49. The molecule has 3 amide bonds. The zero-order chi connectivity index (χ0) is 41.2. The van der Waals surface area contributed by atoms with Crippen molar-refractivity contribution in [3.63, 3.8) is 0 Å². The largest absolute Gasteiger partial charge is 0.477 e. The second-order valence-electron chi connectivity index (χ2n) is 14.6. The number of hydrogen-bond donors (Lipinski definition) is 4. The van der Waals surface area contributed by atoms with Crippen molar-refractivity contribution in [1.29, 1.82) is 0 Å². The van der Waals surface area contributed by atoms with Gasteiger partial charge in [0, 0.05) is 82.6 Å². The molecule has 20 heteroatoms. The van der Waals surface area contributed by atoms with E-state index < -0.39 is 35.1 Å². The number of halogens is 5. The van der Waals surface area contributed by atoms with Crippen molar-refractivity contribution in [1.82, 2.24) is 34.4 Å². The Bertz CT molecular complexity index is 2180. The van der Waals surface area contributed by atoms with Crippen molar-refractivity contribution in [2.24, 2.45) is 13.0 Å². The van der Waals surface area contributed by atoms with Gasteiger partial charge in [-0.2, -0.15) is 18.3 Å². The highest BCUT2D eigenvalue weighted by atomic mass is 35.5. The molecule has 6 rings (SSSR count). The van der Waals surface area contributed by atoms with E-state index in [9.17, 15) is 41.8 Å². The van der Waals surface area contributed by atoms with Crippen molar-refractivity contribution in [2.75, 3.05) is 77.0 Å². The summed E-state index contributed by atoms with van der Waals surface area (Å²) in [7, 11) is 3.25. The number of nitrogens with one attached hydrogen (secondary N) is 2. The number of nitrogens with two attached hydrogens (primary N) is 1. The van der Waals surface area contributed by atoms with Gasteiger partial charge in [0.05, 0.1) is 48.2 Å². The van der Waals surface area contributed by atoms with Gasteiger partial charge in [-0.1, -0.05) is 11.6 Å². The number of piperazine rings is 1. The number of quaternary nitrogens is 1. The zero-order valence-corrected chi connectivity index (χ0v) is 31.9. The van der Waals surface area contributed by atoms with Crippen LogP contribution in [0.15, 0.2) is 48.8 Å². The molecule has 4 aromatic rings. The van der Waals surface area contributed by atoms with Gasteiger partial charge in [-0.3, -0.25) is 14.4 Å². The molecule has 0 bridgehead atoms. The molecule has 15 nitrogen and oxygen atoms in total. The Morgan fingerprint density at radius 1 is 1.07 bits per heavy atom. The topological polar surface area (TPSA) is 181 Å². The van der Waals surface area contributed by atoms with Gasteiger partial charge in [0.2, 0.25) is 5.91 Å². The number of rotatable bonds is 13. The molecule has 2 aliphatic rings. The number of aromatic nitrogens is 4. The van der Waals surface area contributed by atoms with E-state index in [1.807, 2.05) is 7.05 Å². The molecule has 0 radical (unpaired) electrons. The number of amides is 3. The van der Waals surface area contributed by atoms with Gasteiger partial charge in [0.1, 0.15) is 5.69 Å². The molecular weight excluding hydrogens is 776 g/mol. The van der Waals surface area contributed by atoms with E-state index in [1.165, 1.54) is 37.4 Å². The van der Waals surface area contributed by atoms with Crippen LogP contribution in [0.1, 0.15) is 39.5 Å². The summed E-state index contributed by atoms with van der Waals surface area (Å²) in [6.45, 7) is 4.20. The fourth-order valence-corrected chi connectivity index (χ4v) is 7.45. The Morgan fingerprint density at radius 3 is 2.39 bits per heavy atom. The molecule has 0 saturated carbocycles. The summed E-state index contributed by atoms with van der Waals surface area (Å²) < 4.78 is 59.1. The molecule has 2 saturated heterocycles. The summed E-state index contributed by atoms with van der Waals surface area (Å²) in [5.74, 6) is -2.81. The summed E-state index contributed by atoms with van der Waals surface area (Å²) in [6.07, 6.45) is -2.06. The number of imidazole rings is 1. The van der Waals surface area contributed by atoms with Crippen LogP contribution in [0.3, 0.4) is 0 Å². The lowest BCUT2D eigenvalue weighted by atomic mass is 10.0. The number of nitrogens with zero attached hydrogens (tertiary/aromatic N) is 7. The number of carbonyl (C=O) groups excluding carboxylic acids is 3. The number of hydrogen-bond acceptors (Lipinski definition) is 8. The monoisotopic (exact) mass is 817 g/mol. The van der Waals surface area contributed by atoms with E-state index in [0.29, 0.717) is 36.5 Å². The maximum Gasteiger partial charge on any atom is 0.435 e. The third-order valence-electron chi connectivity index (χ3n) is 10.2. The smallest absolute Gasteiger partial charge is 0.435 e. The summed E-state index contributed by atoms with van der Waals surface area (Å²) in [6, 6.07) is 7.72. The first kappa shape index (κ1) is 41.1. The predicted octanol–water partition coefficient (Wildman–Crippen LogP) is 3.73. The second-order valence-corrected chi connectivity index (χ2v) is 15.0. The fourth-order valence-electron chi connectivity index (χ4n) is 7.19. The minimum absolute atomic E-state index is 0.00683. The standard InChI is InChI=1S/C37H41ClF4N10O5/c1-48-30(26-19-51(47-33(26)37(40,41)42)29-8-5-23(43)14-28(29)39)18-45-34(48)35(56)46-24-6-7-25(27(38)15-24)36(57)50-11-9-49(10-12-50)31(53)4-3-13-52(2,21-32(54)55)20-22-16-44-17-22/h5-8,14-15,18-19,22,44H,3-4,9-13,16-17,20-21,43H2,1-2H3,(H-,46,54,55,56,57)/p+1. The molecule has 2 aromatic carbocycles. The first-order valence-corrected chi connectivity index (χ1v) is 18.5. The zero-order valence-electron chi connectivity index (χ0n) is 31.2. The van der Waals surface area contributed by atoms with Crippen LogP contribution >= 0.6 is 11.6 Å². The van der Waals surface area contributed by atoms with Crippen LogP contribution in [0.5, 0.6) is 0 Å². The van der Waals surface area contributed by atoms with Crippen LogP contribution in [-0.2, 0) is 22.8 Å². The van der Waals surface area contributed by atoms with E-state index in [1.54, 1.807) is 9.80 Å². The van der Waals surface area contributed by atoms with Crippen LogP contribution in [-0.4, -0.2) is 128 Å². The number of likely N-dealkylation sites (N-methyl/N-ethyl adjacent to an activating group) is 1. The molecule has 2 aliphatic heterocycles. The van der Waals surface area contributed by atoms with E-state index in [-0.39, 0.29) is 77.0 Å². The highest BCUT2D eigenvalue weighted by Crippen LogP contribution is 2.37. The van der Waals surface area contributed by atoms with Gasteiger partial charge >= 0.3 is 12.1 Å². The number of nitrogen functional groups attached to an aromatic ring is 1. The van der Waals surface area contributed by atoms with Gasteiger partial charge in [-0.25, -0.2) is 18.9 Å². The molecule has 1 unspecified atom stereocenters. The summed E-state index contributed by atoms with van der Waals surface area (Å²) in [5.41, 5.74) is 3.85. The molecule has 2 fully saturated rings. The van der Waals surface area contributed by atoms with Crippen molar-refractivity contribution < 1.29 is 46.3 Å². The van der Waals surface area contributed by atoms with Crippen molar-refractivity contribution in [3.8, 4) is 16.9 Å². The lowest BCUT2D eigenvalue weighted by Crippen LogP contribution is -2.57. The maximum absolute atomic E-state index is 14.6. The quantitative estimate of drug-likeness (QED) is 0.0889. The second kappa shape index (κ2) is 16.5. The van der Waals surface area contributed by atoms with E-state index >= 15 is 0 Å². The van der Waals surface area contributed by atoms with E-state index in [0.717, 1.165) is 47.3 Å². The van der Waals surface area contributed by atoms with Crippen LogP contribution in [0.25, 0.3) is 16.9 Å². The Hall–Kier alpha value is -5.53. The summed E-state index contributed by atoms with van der Waals surface area (Å²) in [5, 5.41) is 18.8. The van der Waals surface area contributed by atoms with Crippen LogP contribution in [0.2, 0.25) is 5.02 Å². The number of alkyl halides is 3. The van der Waals surface area contributed by atoms with Gasteiger partial charge < -0.3 is 40.3 Å². The molecule has 4 heterocycles. The number of aliphatic carboxylic acids is 1. The SMILES string of the molecule is Cn1c(-c2cn(-c3ccc(N)cc3F)nc2C(F)(F)F)cnc1C(=O)Nc1ccc(C(=O)N2CCN(C(=O)CCC[N+](C)(CC(=O)O)CC3CNC3)CC2)c(Cl)c1. The third-order valence-corrected chi connectivity index (χ3v) is 10.5. The Labute approximate surface area is 329 Å². The normalized spacial score (nSPS) is 15.9. The molecule has 0 aliphatic carbocycles. The lowest BCUT2D eigenvalue weighted by Gasteiger charge is -2.39. The average Bonchev–Trinajstić information content (AvgIpc) is 3.73. The molecule has 2 aromatic heterocycles. The van der Waals surface area contributed by atoms with Crippen LogP contribution in [0.4, 0.5) is 28.9 Å². The van der Waals surface area contributed by atoms with Crippen LogP contribution in [0, 0.1) is 11.7 Å². The maximum atomic E-state index is 14.6. The number of carboxylic acid groups (broad SMARTS) is 1. The molecule has 1 atom stereocenters. The third kappa shape index (κ3) is 9.37. The van der Waals surface area contributed by atoms with Gasteiger partial charge in [-0.15, -0.1) is 0 Å². The highest BCUT2D eigenvalue weighted by Gasteiger charge is 2.39. The van der Waals surface area contributed by atoms with Crippen molar-refractivity contribution in [2.45, 2.75) is 19.0 Å². The molecule has 57 heavy (non-hydrogen) atoms. The lowest BCUT2D eigenvalue weighted by molar-refractivity contribution is -0.906. The van der Waals surface area contributed by atoms with Gasteiger partial charge in [-0.05, 0) is 36.4 Å². The average molecular weight is 818 g/mol. The molecule has 0 spiro atoms. The minimum Gasteiger partial charge on any atom is -0.477 e. The van der Waals surface area contributed by atoms with Gasteiger partial charge in [0.15, 0.2) is 23.9 Å². The van der Waals surface area contributed by atoms with Gasteiger partial charge in [0.25, 0.3) is 11.8 Å². The molecule has 304 valence electrons. The first-order chi connectivity index (χ1) is 26.9. The fraction of sp³-hybridized carbons (Fsp3) is 0.405.